The van der Waals surface area contributed by atoms with Crippen LogP contribution in [0.4, 0.5) is 0 Å². The topological polar surface area (TPSA) is 67.6 Å². The fourth-order valence-electron chi connectivity index (χ4n) is 3.42. The van der Waals surface area contributed by atoms with E-state index < -0.39 is 0 Å². The number of likely N-dealkylation sites (tertiary alicyclic amines) is 1. The summed E-state index contributed by atoms with van der Waals surface area (Å²) in [4.78, 5) is 6.81. The zero-order valence-electron chi connectivity index (χ0n) is 14.2. The predicted molar refractivity (Wildman–Crippen MR) is 100 cm³/mol. The zero-order valence-corrected chi connectivity index (χ0v) is 16.5. The zero-order chi connectivity index (χ0) is 15.6. The third kappa shape index (κ3) is 3.96. The molecule has 0 radical (unpaired) electrons. The van der Waals surface area contributed by atoms with Crippen molar-refractivity contribution < 1.29 is 4.74 Å². The number of hydrogen-bond donors (Lipinski definition) is 1. The lowest BCUT2D eigenvalue weighted by molar-refractivity contribution is 0.0217. The fourth-order valence-corrected chi connectivity index (χ4v) is 3.42. The Balaban J connectivity index is 0.00000192. The highest BCUT2D eigenvalue weighted by molar-refractivity contribution is 14.0. The Hall–Kier alpha value is -0.900. The molecular weight excluding hydrogens is 407 g/mol. The maximum atomic E-state index is 5.52. The van der Waals surface area contributed by atoms with Crippen molar-refractivity contribution in [3.63, 3.8) is 0 Å². The van der Waals surface area contributed by atoms with Gasteiger partial charge in [-0.25, -0.2) is 0 Å². The molecule has 2 fully saturated rings. The molecule has 130 valence electrons. The number of halogens is 1. The van der Waals surface area contributed by atoms with E-state index in [4.69, 9.17) is 4.74 Å². The Morgan fingerprint density at radius 2 is 2.04 bits per heavy atom. The van der Waals surface area contributed by atoms with Crippen LogP contribution in [-0.2, 0) is 18.3 Å². The van der Waals surface area contributed by atoms with Crippen molar-refractivity contribution in [2.75, 3.05) is 33.4 Å². The Kier molecular flexibility index (Phi) is 6.24. The minimum atomic E-state index is 0. The Labute approximate surface area is 154 Å². The number of nitrogens with zero attached hydrogens (tertiary/aromatic N) is 5. The molecule has 1 aromatic heterocycles. The average molecular weight is 434 g/mol. The molecule has 0 bridgehead atoms. The number of nitrogens with one attached hydrogen (secondary N) is 1. The average Bonchev–Trinajstić information content (AvgIpc) is 3.07. The minimum absolute atomic E-state index is 0. The van der Waals surface area contributed by atoms with E-state index in [1.165, 1.54) is 19.3 Å². The van der Waals surface area contributed by atoms with Crippen molar-refractivity contribution in [2.45, 2.75) is 32.7 Å². The summed E-state index contributed by atoms with van der Waals surface area (Å²) in [5.41, 5.74) is 0.428. The van der Waals surface area contributed by atoms with Gasteiger partial charge >= 0.3 is 0 Å². The highest BCUT2D eigenvalue weighted by Gasteiger charge is 2.40. The van der Waals surface area contributed by atoms with Gasteiger partial charge in [-0.15, -0.1) is 34.2 Å². The van der Waals surface area contributed by atoms with Crippen molar-refractivity contribution in [1.82, 2.24) is 25.0 Å². The third-order valence-electron chi connectivity index (χ3n) is 5.09. The van der Waals surface area contributed by atoms with Gasteiger partial charge in [-0.1, -0.05) is 0 Å². The monoisotopic (exact) mass is 434 g/mol. The first-order valence-electron chi connectivity index (χ1n) is 8.02. The highest BCUT2D eigenvalue weighted by Crippen LogP contribution is 2.39. The molecule has 2 saturated heterocycles. The molecular formula is C15H27IN6O. The summed E-state index contributed by atoms with van der Waals surface area (Å²) in [5.74, 6) is 2.82. The largest absolute Gasteiger partial charge is 0.381 e. The molecule has 23 heavy (non-hydrogen) atoms. The molecule has 1 spiro atoms. The number of aliphatic imine (C=N–C) groups is 1. The number of rotatable bonds is 2. The van der Waals surface area contributed by atoms with Crippen LogP contribution in [0.25, 0.3) is 0 Å². The summed E-state index contributed by atoms with van der Waals surface area (Å²) in [5, 5.41) is 11.7. The van der Waals surface area contributed by atoms with Gasteiger partial charge in [0.2, 0.25) is 0 Å². The van der Waals surface area contributed by atoms with E-state index in [0.717, 1.165) is 43.9 Å². The molecule has 2 aliphatic heterocycles. The quantitative estimate of drug-likeness (QED) is 0.432. The number of ether oxygens (including phenoxy) is 1. The molecule has 0 amide bonds. The van der Waals surface area contributed by atoms with Gasteiger partial charge in [0.1, 0.15) is 5.82 Å². The second-order valence-electron chi connectivity index (χ2n) is 6.41. The molecule has 0 aliphatic carbocycles. The maximum absolute atomic E-state index is 5.52. The molecule has 3 rings (SSSR count). The van der Waals surface area contributed by atoms with Crippen LogP contribution in [0.15, 0.2) is 4.99 Å². The molecule has 0 atom stereocenters. The van der Waals surface area contributed by atoms with Crippen LogP contribution in [0.1, 0.15) is 30.9 Å². The van der Waals surface area contributed by atoms with E-state index in [1.54, 1.807) is 0 Å². The van der Waals surface area contributed by atoms with Gasteiger partial charge in [0, 0.05) is 40.4 Å². The van der Waals surface area contributed by atoms with E-state index in [2.05, 4.69) is 25.4 Å². The molecule has 7 nitrogen and oxygen atoms in total. The molecule has 2 aliphatic rings. The maximum Gasteiger partial charge on any atom is 0.194 e. The third-order valence-corrected chi connectivity index (χ3v) is 5.09. The summed E-state index contributed by atoms with van der Waals surface area (Å²) in [7, 11) is 3.83. The Morgan fingerprint density at radius 3 is 2.65 bits per heavy atom. The van der Waals surface area contributed by atoms with Gasteiger partial charge in [0.25, 0.3) is 0 Å². The number of aromatic nitrogens is 3. The van der Waals surface area contributed by atoms with Crippen LogP contribution < -0.4 is 5.32 Å². The van der Waals surface area contributed by atoms with Gasteiger partial charge in [-0.2, -0.15) is 0 Å². The van der Waals surface area contributed by atoms with Crippen molar-refractivity contribution in [2.24, 2.45) is 17.5 Å². The summed E-state index contributed by atoms with van der Waals surface area (Å²) in [6.45, 7) is 6.55. The first-order chi connectivity index (χ1) is 10.6. The second-order valence-corrected chi connectivity index (χ2v) is 6.41. The first-order valence-corrected chi connectivity index (χ1v) is 8.02. The smallest absolute Gasteiger partial charge is 0.194 e. The van der Waals surface area contributed by atoms with Crippen molar-refractivity contribution in [1.29, 1.82) is 0 Å². The molecule has 1 N–H and O–H groups in total. The highest BCUT2D eigenvalue weighted by atomic mass is 127. The van der Waals surface area contributed by atoms with Crippen LogP contribution in [0.2, 0.25) is 0 Å². The van der Waals surface area contributed by atoms with E-state index in [9.17, 15) is 0 Å². The normalized spacial score (nSPS) is 20.7. The summed E-state index contributed by atoms with van der Waals surface area (Å²) in [6.07, 6.45) is 3.58. The molecule has 0 saturated carbocycles. The summed E-state index contributed by atoms with van der Waals surface area (Å²) in [6, 6.07) is 0. The van der Waals surface area contributed by atoms with Gasteiger partial charge < -0.3 is 19.5 Å². The lowest BCUT2D eigenvalue weighted by atomic mass is 9.80. The van der Waals surface area contributed by atoms with E-state index in [-0.39, 0.29) is 24.0 Å². The molecule has 1 aromatic rings. The van der Waals surface area contributed by atoms with Crippen molar-refractivity contribution >= 4 is 29.9 Å². The number of aryl methyl sites for hydroxylation is 1. The van der Waals surface area contributed by atoms with Crippen LogP contribution in [0.3, 0.4) is 0 Å². The Morgan fingerprint density at radius 1 is 1.30 bits per heavy atom. The van der Waals surface area contributed by atoms with Gasteiger partial charge in [-0.3, -0.25) is 4.99 Å². The SMILES string of the molecule is CN=C(NCc1nnc(C)n1C)N1CCC2(CCOCC2)C1.I. The second kappa shape index (κ2) is 7.78. The molecule has 0 unspecified atom stereocenters. The van der Waals surface area contributed by atoms with E-state index >= 15 is 0 Å². The van der Waals surface area contributed by atoms with Crippen LogP contribution in [0, 0.1) is 12.3 Å². The lowest BCUT2D eigenvalue weighted by Crippen LogP contribution is -2.42. The van der Waals surface area contributed by atoms with Crippen molar-refractivity contribution in [3.8, 4) is 0 Å². The van der Waals surface area contributed by atoms with E-state index in [0.29, 0.717) is 12.0 Å². The van der Waals surface area contributed by atoms with Gasteiger partial charge in [0.15, 0.2) is 11.8 Å². The number of hydrogen-bond acceptors (Lipinski definition) is 4. The van der Waals surface area contributed by atoms with Gasteiger partial charge in [0.05, 0.1) is 6.54 Å². The first kappa shape index (κ1) is 18.4. The lowest BCUT2D eigenvalue weighted by Gasteiger charge is -2.33. The number of guanidine groups is 1. The summed E-state index contributed by atoms with van der Waals surface area (Å²) >= 11 is 0. The van der Waals surface area contributed by atoms with Gasteiger partial charge in [-0.05, 0) is 31.6 Å². The summed E-state index contributed by atoms with van der Waals surface area (Å²) < 4.78 is 7.52. The Bertz CT molecular complexity index is 552. The van der Waals surface area contributed by atoms with Crippen molar-refractivity contribution in [3.05, 3.63) is 11.6 Å². The molecule has 3 heterocycles. The predicted octanol–water partition coefficient (Wildman–Crippen LogP) is 1.32. The minimum Gasteiger partial charge on any atom is -0.381 e. The van der Waals surface area contributed by atoms with E-state index in [1.807, 2.05) is 25.6 Å². The standard InChI is InChI=1S/C15H26N6O.HI/c1-12-18-19-13(20(12)3)10-17-14(16-2)21-7-4-15(11-21)5-8-22-9-6-15;/h4-11H2,1-3H3,(H,16,17);1H. The van der Waals surface area contributed by atoms with Crippen LogP contribution >= 0.6 is 24.0 Å². The van der Waals surface area contributed by atoms with Crippen LogP contribution in [0.5, 0.6) is 0 Å². The molecule has 8 heteroatoms. The molecule has 0 aromatic carbocycles. The van der Waals surface area contributed by atoms with Crippen LogP contribution in [-0.4, -0.2) is 59.0 Å². The fraction of sp³-hybridized carbons (Fsp3) is 0.800.